The van der Waals surface area contributed by atoms with Crippen LogP contribution in [0, 0.1) is 0 Å². The Kier molecular flexibility index (Phi) is 5.67. The summed E-state index contributed by atoms with van der Waals surface area (Å²) in [5.74, 6) is 0. The Bertz CT molecular complexity index is 689. The molecule has 0 unspecified atom stereocenters. The lowest BCUT2D eigenvalue weighted by molar-refractivity contribution is 0.255. The standard InChI is InChI=1S/C15H11BrCl2N2O/c16-11-3-1-2-10(8-11)6-7-19-15(21)20-14-5-4-12(17)9-13(14)18/h1-9H,(H2,19,20,21)/b7-6+. The molecule has 0 aliphatic rings. The molecule has 0 aliphatic heterocycles. The van der Waals surface area contributed by atoms with Crippen LogP contribution in [-0.2, 0) is 0 Å². The molecule has 2 amide bonds. The van der Waals surface area contributed by atoms with Crippen LogP contribution >= 0.6 is 39.1 Å². The Hall–Kier alpha value is -1.49. The second kappa shape index (κ2) is 7.50. The largest absolute Gasteiger partial charge is 0.323 e. The maximum atomic E-state index is 11.7. The van der Waals surface area contributed by atoms with Gasteiger partial charge in [-0.1, -0.05) is 51.3 Å². The average Bonchev–Trinajstić information content (AvgIpc) is 2.42. The van der Waals surface area contributed by atoms with Gasteiger partial charge in [0.1, 0.15) is 0 Å². The number of hydrogen-bond donors (Lipinski definition) is 2. The Morgan fingerprint density at radius 3 is 2.67 bits per heavy atom. The number of carbonyl (C=O) groups excluding carboxylic acids is 1. The van der Waals surface area contributed by atoms with E-state index in [4.69, 9.17) is 23.2 Å². The molecule has 108 valence electrons. The smallest absolute Gasteiger partial charge is 0.314 e. The molecule has 3 nitrogen and oxygen atoms in total. The van der Waals surface area contributed by atoms with Crippen molar-refractivity contribution in [2.24, 2.45) is 0 Å². The molecule has 0 heterocycles. The van der Waals surface area contributed by atoms with E-state index in [1.165, 1.54) is 0 Å². The van der Waals surface area contributed by atoms with Gasteiger partial charge in [0.15, 0.2) is 0 Å². The van der Waals surface area contributed by atoms with Gasteiger partial charge in [0.2, 0.25) is 0 Å². The summed E-state index contributed by atoms with van der Waals surface area (Å²) < 4.78 is 0.974. The van der Waals surface area contributed by atoms with E-state index in [2.05, 4.69) is 26.6 Å². The van der Waals surface area contributed by atoms with E-state index in [0.29, 0.717) is 15.7 Å². The molecule has 2 aromatic carbocycles. The molecule has 2 rings (SSSR count). The summed E-state index contributed by atoms with van der Waals surface area (Å²) in [4.78, 5) is 11.7. The summed E-state index contributed by atoms with van der Waals surface area (Å²) in [7, 11) is 0. The molecule has 0 atom stereocenters. The highest BCUT2D eigenvalue weighted by atomic mass is 79.9. The van der Waals surface area contributed by atoms with Crippen LogP contribution in [0.25, 0.3) is 6.08 Å². The molecule has 0 radical (unpaired) electrons. The third kappa shape index (κ3) is 5.08. The van der Waals surface area contributed by atoms with Crippen molar-refractivity contribution >= 4 is 56.9 Å². The van der Waals surface area contributed by atoms with Gasteiger partial charge < -0.3 is 10.6 Å². The molecule has 2 N–H and O–H groups in total. The van der Waals surface area contributed by atoms with Crippen molar-refractivity contribution in [3.05, 3.63) is 68.7 Å². The van der Waals surface area contributed by atoms with Crippen LogP contribution in [-0.4, -0.2) is 6.03 Å². The molecule has 0 saturated heterocycles. The fourth-order valence-electron chi connectivity index (χ4n) is 1.57. The van der Waals surface area contributed by atoms with E-state index in [1.54, 1.807) is 30.5 Å². The topological polar surface area (TPSA) is 41.1 Å². The molecule has 0 spiro atoms. The van der Waals surface area contributed by atoms with Crippen molar-refractivity contribution in [2.45, 2.75) is 0 Å². The number of carbonyl (C=O) groups is 1. The zero-order valence-electron chi connectivity index (χ0n) is 10.7. The van der Waals surface area contributed by atoms with Crippen molar-refractivity contribution in [1.29, 1.82) is 0 Å². The number of benzene rings is 2. The minimum absolute atomic E-state index is 0.383. The maximum Gasteiger partial charge on any atom is 0.323 e. The highest BCUT2D eigenvalue weighted by Gasteiger charge is 2.04. The zero-order chi connectivity index (χ0) is 15.2. The minimum atomic E-state index is -0.384. The summed E-state index contributed by atoms with van der Waals surface area (Å²) in [6, 6.07) is 12.2. The van der Waals surface area contributed by atoms with Crippen LogP contribution < -0.4 is 10.6 Å². The van der Waals surface area contributed by atoms with E-state index in [0.717, 1.165) is 10.0 Å². The highest BCUT2D eigenvalue weighted by Crippen LogP contribution is 2.25. The van der Waals surface area contributed by atoms with Crippen LogP contribution in [0.5, 0.6) is 0 Å². The Balaban J connectivity index is 1.93. The number of halogens is 3. The van der Waals surface area contributed by atoms with Crippen molar-refractivity contribution in [3.8, 4) is 0 Å². The molecule has 6 heteroatoms. The Morgan fingerprint density at radius 1 is 1.14 bits per heavy atom. The monoisotopic (exact) mass is 384 g/mol. The Morgan fingerprint density at radius 2 is 1.95 bits per heavy atom. The first-order valence-corrected chi connectivity index (χ1v) is 7.54. The number of urea groups is 1. The van der Waals surface area contributed by atoms with Gasteiger partial charge in [-0.15, -0.1) is 0 Å². The number of nitrogens with one attached hydrogen (secondary N) is 2. The van der Waals surface area contributed by atoms with Crippen molar-refractivity contribution < 1.29 is 4.79 Å². The molecule has 21 heavy (non-hydrogen) atoms. The summed E-state index contributed by atoms with van der Waals surface area (Å²) in [5, 5.41) is 6.13. The second-order valence-electron chi connectivity index (χ2n) is 4.11. The number of anilines is 1. The van der Waals surface area contributed by atoms with Gasteiger partial charge >= 0.3 is 6.03 Å². The average molecular weight is 386 g/mol. The molecule has 0 saturated carbocycles. The van der Waals surface area contributed by atoms with Gasteiger partial charge in [-0.25, -0.2) is 4.79 Å². The number of amides is 2. The van der Waals surface area contributed by atoms with E-state index in [-0.39, 0.29) is 6.03 Å². The van der Waals surface area contributed by atoms with Crippen LogP contribution in [0.1, 0.15) is 5.56 Å². The number of rotatable bonds is 3. The zero-order valence-corrected chi connectivity index (χ0v) is 13.8. The summed E-state index contributed by atoms with van der Waals surface area (Å²) >= 11 is 15.1. The van der Waals surface area contributed by atoms with Crippen LogP contribution in [0.2, 0.25) is 10.0 Å². The summed E-state index contributed by atoms with van der Waals surface area (Å²) in [6.07, 6.45) is 3.34. The normalized spacial score (nSPS) is 10.6. The van der Waals surface area contributed by atoms with E-state index >= 15 is 0 Å². The molecular weight excluding hydrogens is 375 g/mol. The van der Waals surface area contributed by atoms with Crippen LogP contribution in [0.4, 0.5) is 10.5 Å². The Labute approximate surface area is 141 Å². The van der Waals surface area contributed by atoms with E-state index in [9.17, 15) is 4.79 Å². The van der Waals surface area contributed by atoms with Crippen molar-refractivity contribution in [1.82, 2.24) is 5.32 Å². The van der Waals surface area contributed by atoms with Gasteiger partial charge in [-0.2, -0.15) is 0 Å². The molecule has 0 aliphatic carbocycles. The second-order valence-corrected chi connectivity index (χ2v) is 5.87. The lowest BCUT2D eigenvalue weighted by Crippen LogP contribution is -2.23. The number of hydrogen-bond acceptors (Lipinski definition) is 1. The molecule has 0 bridgehead atoms. The predicted molar refractivity (Wildman–Crippen MR) is 91.8 cm³/mol. The first kappa shape index (κ1) is 15.9. The predicted octanol–water partition coefficient (Wildman–Crippen LogP) is 5.55. The third-order valence-corrected chi connectivity index (χ3v) is 3.56. The van der Waals surface area contributed by atoms with Gasteiger partial charge in [0.25, 0.3) is 0 Å². The van der Waals surface area contributed by atoms with Gasteiger partial charge in [0, 0.05) is 15.7 Å². The van der Waals surface area contributed by atoms with E-state index < -0.39 is 0 Å². The first-order valence-electron chi connectivity index (χ1n) is 5.99. The van der Waals surface area contributed by atoms with Crippen molar-refractivity contribution in [2.75, 3.05) is 5.32 Å². The molecule has 0 fully saturated rings. The minimum Gasteiger partial charge on any atom is -0.314 e. The molecule has 2 aromatic rings. The summed E-state index contributed by atoms with van der Waals surface area (Å²) in [5.41, 5.74) is 1.46. The highest BCUT2D eigenvalue weighted by molar-refractivity contribution is 9.10. The molecule has 0 aromatic heterocycles. The van der Waals surface area contributed by atoms with Gasteiger partial charge in [0.05, 0.1) is 10.7 Å². The van der Waals surface area contributed by atoms with E-state index in [1.807, 2.05) is 24.3 Å². The van der Waals surface area contributed by atoms with Crippen LogP contribution in [0.15, 0.2) is 53.1 Å². The third-order valence-electron chi connectivity index (χ3n) is 2.52. The first-order chi connectivity index (χ1) is 10.0. The quantitative estimate of drug-likeness (QED) is 0.714. The fraction of sp³-hybridized carbons (Fsp3) is 0. The SMILES string of the molecule is O=C(N/C=C/c1cccc(Br)c1)Nc1ccc(Cl)cc1Cl. The summed E-state index contributed by atoms with van der Waals surface area (Å²) in [6.45, 7) is 0. The van der Waals surface area contributed by atoms with Gasteiger partial charge in [-0.05, 0) is 42.0 Å². The van der Waals surface area contributed by atoms with Crippen LogP contribution in [0.3, 0.4) is 0 Å². The lowest BCUT2D eigenvalue weighted by Gasteiger charge is -2.06. The molecular formula is C15H11BrCl2N2O. The fourth-order valence-corrected chi connectivity index (χ4v) is 2.45. The lowest BCUT2D eigenvalue weighted by atomic mass is 10.2. The maximum absolute atomic E-state index is 11.7. The van der Waals surface area contributed by atoms with Gasteiger partial charge in [-0.3, -0.25) is 0 Å². The van der Waals surface area contributed by atoms with Crippen molar-refractivity contribution in [3.63, 3.8) is 0 Å².